The number of nitrogens with one attached hydrogen (secondary N) is 1. The lowest BCUT2D eigenvalue weighted by molar-refractivity contribution is -0.120. The Morgan fingerprint density at radius 2 is 2.03 bits per heavy atom. The second kappa shape index (κ2) is 9.80. The summed E-state index contributed by atoms with van der Waals surface area (Å²) >= 11 is 7.49. The van der Waals surface area contributed by atoms with Crippen LogP contribution < -0.4 is 10.1 Å². The highest BCUT2D eigenvalue weighted by atomic mass is 35.5. The molecule has 0 bridgehead atoms. The quantitative estimate of drug-likeness (QED) is 0.535. The van der Waals surface area contributed by atoms with Gasteiger partial charge in [-0.1, -0.05) is 53.7 Å². The summed E-state index contributed by atoms with van der Waals surface area (Å²) < 4.78 is 7.32. The highest BCUT2D eigenvalue weighted by Gasteiger charge is 2.20. The van der Waals surface area contributed by atoms with Gasteiger partial charge < -0.3 is 14.6 Å². The molecule has 1 atom stereocenters. The summed E-state index contributed by atoms with van der Waals surface area (Å²) in [5.41, 5.74) is 1.83. The largest absolute Gasteiger partial charge is 0.496 e. The van der Waals surface area contributed by atoms with E-state index in [4.69, 9.17) is 16.3 Å². The van der Waals surface area contributed by atoms with Gasteiger partial charge in [0.2, 0.25) is 5.91 Å². The maximum atomic E-state index is 12.6. The number of ether oxygens (including phenoxy) is 1. The van der Waals surface area contributed by atoms with Gasteiger partial charge in [0.15, 0.2) is 11.0 Å². The monoisotopic (exact) mass is 430 g/mol. The van der Waals surface area contributed by atoms with E-state index in [0.29, 0.717) is 23.3 Å². The number of amides is 1. The number of benzene rings is 2. The topological polar surface area (TPSA) is 69.0 Å². The van der Waals surface area contributed by atoms with Gasteiger partial charge in [0, 0.05) is 29.2 Å². The molecule has 0 aliphatic carbocycles. The Balaban J connectivity index is 1.68. The zero-order valence-corrected chi connectivity index (χ0v) is 18.1. The molecule has 1 aromatic heterocycles. The van der Waals surface area contributed by atoms with Crippen molar-refractivity contribution in [2.75, 3.05) is 7.11 Å². The number of nitrogens with zero attached hydrogens (tertiary/aromatic N) is 3. The Hall–Kier alpha value is -2.51. The molecule has 1 amide bonds. The van der Waals surface area contributed by atoms with Crippen LogP contribution in [0.4, 0.5) is 0 Å². The van der Waals surface area contributed by atoms with Crippen LogP contribution in [0.25, 0.3) is 11.4 Å². The van der Waals surface area contributed by atoms with Crippen LogP contribution in [-0.4, -0.2) is 33.0 Å². The van der Waals surface area contributed by atoms with Crippen molar-refractivity contribution in [3.63, 3.8) is 0 Å². The first kappa shape index (κ1) is 21.2. The van der Waals surface area contributed by atoms with Crippen molar-refractivity contribution in [2.24, 2.45) is 0 Å². The summed E-state index contributed by atoms with van der Waals surface area (Å²) in [6, 6.07) is 15.1. The molecular weight excluding hydrogens is 408 g/mol. The fourth-order valence-corrected chi connectivity index (χ4v) is 4.02. The van der Waals surface area contributed by atoms with Gasteiger partial charge in [-0.15, -0.1) is 10.2 Å². The minimum Gasteiger partial charge on any atom is -0.496 e. The van der Waals surface area contributed by atoms with E-state index in [1.165, 1.54) is 11.8 Å². The predicted octanol–water partition coefficient (Wildman–Crippen LogP) is 4.42. The number of aromatic nitrogens is 3. The molecule has 3 aromatic rings. The van der Waals surface area contributed by atoms with E-state index >= 15 is 0 Å². The minimum absolute atomic E-state index is 0.0733. The highest BCUT2D eigenvalue weighted by Crippen LogP contribution is 2.28. The zero-order chi connectivity index (χ0) is 20.8. The molecule has 152 valence electrons. The molecule has 3 rings (SSSR count). The van der Waals surface area contributed by atoms with Gasteiger partial charge in [0.25, 0.3) is 0 Å². The van der Waals surface area contributed by atoms with Gasteiger partial charge in [0.1, 0.15) is 5.75 Å². The molecule has 0 aliphatic heterocycles. The van der Waals surface area contributed by atoms with Crippen molar-refractivity contribution in [2.45, 2.75) is 37.3 Å². The number of halogens is 1. The summed E-state index contributed by atoms with van der Waals surface area (Å²) in [6.45, 7) is 4.97. The fourth-order valence-electron chi connectivity index (χ4n) is 2.89. The molecule has 0 aliphatic rings. The Kier molecular flexibility index (Phi) is 7.17. The van der Waals surface area contributed by atoms with E-state index in [9.17, 15) is 4.79 Å². The first-order valence-electron chi connectivity index (χ1n) is 9.28. The van der Waals surface area contributed by atoms with Gasteiger partial charge in [0.05, 0.1) is 12.4 Å². The van der Waals surface area contributed by atoms with E-state index in [-0.39, 0.29) is 11.2 Å². The number of para-hydroxylation sites is 1. The maximum absolute atomic E-state index is 12.6. The molecule has 1 heterocycles. The molecule has 0 radical (unpaired) electrons. The molecule has 6 nitrogen and oxygen atoms in total. The predicted molar refractivity (Wildman–Crippen MR) is 116 cm³/mol. The molecule has 0 saturated heterocycles. The molecule has 2 aromatic carbocycles. The molecule has 0 saturated carbocycles. The standard InChI is InChI=1S/C21H23ClN4O2S/c1-4-26-19(15-9-7-10-17(22)12-15)24-25-21(26)29-14(2)20(27)23-13-16-8-5-6-11-18(16)28-3/h5-12,14H,4,13H2,1-3H3,(H,23,27)/t14-/m0/s1. The minimum atomic E-state index is -0.327. The van der Waals surface area contributed by atoms with Crippen LogP contribution in [0, 0.1) is 0 Å². The molecule has 29 heavy (non-hydrogen) atoms. The highest BCUT2D eigenvalue weighted by molar-refractivity contribution is 8.00. The average Bonchev–Trinajstić information content (AvgIpc) is 3.14. The van der Waals surface area contributed by atoms with Crippen molar-refractivity contribution < 1.29 is 9.53 Å². The van der Waals surface area contributed by atoms with Crippen LogP contribution in [0.2, 0.25) is 5.02 Å². The van der Waals surface area contributed by atoms with Crippen molar-refractivity contribution in [3.8, 4) is 17.1 Å². The molecule has 0 unspecified atom stereocenters. The second-order valence-corrected chi connectivity index (χ2v) is 8.09. The van der Waals surface area contributed by atoms with Crippen LogP contribution >= 0.6 is 23.4 Å². The van der Waals surface area contributed by atoms with E-state index in [2.05, 4.69) is 15.5 Å². The SMILES string of the molecule is CCn1c(S[C@@H](C)C(=O)NCc2ccccc2OC)nnc1-c1cccc(Cl)c1. The van der Waals surface area contributed by atoms with Crippen LogP contribution in [-0.2, 0) is 17.9 Å². The molecule has 0 fully saturated rings. The van der Waals surface area contributed by atoms with E-state index in [0.717, 1.165) is 22.7 Å². The third-order valence-electron chi connectivity index (χ3n) is 4.41. The Morgan fingerprint density at radius 1 is 1.24 bits per heavy atom. The Labute approximate surface area is 179 Å². The van der Waals surface area contributed by atoms with Crippen LogP contribution in [0.5, 0.6) is 5.75 Å². The van der Waals surface area contributed by atoms with Crippen molar-refractivity contribution in [3.05, 3.63) is 59.1 Å². The van der Waals surface area contributed by atoms with Crippen LogP contribution in [0.1, 0.15) is 19.4 Å². The Morgan fingerprint density at radius 3 is 2.76 bits per heavy atom. The van der Waals surface area contributed by atoms with Crippen LogP contribution in [0.3, 0.4) is 0 Å². The second-order valence-electron chi connectivity index (χ2n) is 6.35. The fraction of sp³-hybridized carbons (Fsp3) is 0.286. The van der Waals surface area contributed by atoms with E-state index in [1.807, 2.05) is 66.9 Å². The van der Waals surface area contributed by atoms with Gasteiger partial charge >= 0.3 is 0 Å². The Bertz CT molecular complexity index is 992. The molecular formula is C21H23ClN4O2S. The van der Waals surface area contributed by atoms with E-state index < -0.39 is 0 Å². The number of carbonyl (C=O) groups excluding carboxylic acids is 1. The van der Waals surface area contributed by atoms with Crippen molar-refractivity contribution >= 4 is 29.3 Å². The molecule has 0 spiro atoms. The summed E-state index contributed by atoms with van der Waals surface area (Å²) in [7, 11) is 1.62. The number of methoxy groups -OCH3 is 1. The molecule has 1 N–H and O–H groups in total. The van der Waals surface area contributed by atoms with Crippen molar-refractivity contribution in [1.82, 2.24) is 20.1 Å². The van der Waals surface area contributed by atoms with E-state index in [1.54, 1.807) is 7.11 Å². The number of thioether (sulfide) groups is 1. The van der Waals surface area contributed by atoms with Crippen LogP contribution in [0.15, 0.2) is 53.7 Å². The van der Waals surface area contributed by atoms with Gasteiger partial charge in [-0.2, -0.15) is 0 Å². The third-order valence-corrected chi connectivity index (χ3v) is 5.73. The number of hydrogen-bond donors (Lipinski definition) is 1. The lowest BCUT2D eigenvalue weighted by Gasteiger charge is -2.14. The summed E-state index contributed by atoms with van der Waals surface area (Å²) in [5, 5.41) is 12.6. The smallest absolute Gasteiger partial charge is 0.233 e. The number of rotatable bonds is 8. The first-order chi connectivity index (χ1) is 14.0. The third kappa shape index (κ3) is 5.10. The average molecular weight is 431 g/mol. The van der Waals surface area contributed by atoms with Gasteiger partial charge in [-0.3, -0.25) is 4.79 Å². The summed E-state index contributed by atoms with van der Waals surface area (Å²) in [4.78, 5) is 12.6. The van der Waals surface area contributed by atoms with Crippen molar-refractivity contribution in [1.29, 1.82) is 0 Å². The first-order valence-corrected chi connectivity index (χ1v) is 10.5. The normalized spacial score (nSPS) is 11.9. The lowest BCUT2D eigenvalue weighted by atomic mass is 10.2. The number of hydrogen-bond acceptors (Lipinski definition) is 5. The maximum Gasteiger partial charge on any atom is 0.233 e. The summed E-state index contributed by atoms with van der Waals surface area (Å²) in [5.74, 6) is 1.42. The molecule has 8 heteroatoms. The van der Waals surface area contributed by atoms with Gasteiger partial charge in [-0.25, -0.2) is 0 Å². The lowest BCUT2D eigenvalue weighted by Crippen LogP contribution is -2.30. The summed E-state index contributed by atoms with van der Waals surface area (Å²) in [6.07, 6.45) is 0. The number of carbonyl (C=O) groups is 1. The zero-order valence-electron chi connectivity index (χ0n) is 16.6. The van der Waals surface area contributed by atoms with Gasteiger partial charge in [-0.05, 0) is 32.0 Å².